The molecule has 1 aromatic heterocycles. The molecule has 0 bridgehead atoms. The maximum atomic E-state index is 12.5. The van der Waals surface area contributed by atoms with Gasteiger partial charge in [-0.25, -0.2) is 0 Å². The fourth-order valence-electron chi connectivity index (χ4n) is 2.33. The van der Waals surface area contributed by atoms with Gasteiger partial charge in [0.2, 0.25) is 16.9 Å². The maximum absolute atomic E-state index is 12.5. The van der Waals surface area contributed by atoms with E-state index in [0.717, 1.165) is 11.3 Å². The van der Waals surface area contributed by atoms with Gasteiger partial charge in [-0.1, -0.05) is 11.3 Å². The van der Waals surface area contributed by atoms with Gasteiger partial charge >= 0.3 is 0 Å². The van der Waals surface area contributed by atoms with Crippen LogP contribution in [0.5, 0.6) is 5.75 Å². The molecule has 0 radical (unpaired) electrons. The summed E-state index contributed by atoms with van der Waals surface area (Å²) in [5.74, 6) is -0.0473. The van der Waals surface area contributed by atoms with Crippen LogP contribution in [0.1, 0.15) is 13.8 Å². The molecule has 1 aliphatic heterocycles. The van der Waals surface area contributed by atoms with Crippen LogP contribution in [0.15, 0.2) is 22.5 Å². The average Bonchev–Trinajstić information content (AvgIpc) is 3.02. The lowest BCUT2D eigenvalue weighted by Crippen LogP contribution is -2.36. The average molecular weight is 397 g/mol. The highest BCUT2D eigenvalue weighted by atomic mass is 32.2. The molecule has 26 heavy (non-hydrogen) atoms. The Morgan fingerprint density at radius 2 is 2.04 bits per heavy atom. The lowest BCUT2D eigenvalue weighted by atomic mass is 10.2. The molecule has 0 atom stereocenters. The van der Waals surface area contributed by atoms with Gasteiger partial charge in [-0.05, 0) is 18.2 Å². The molecule has 0 fully saturated rings. The van der Waals surface area contributed by atoms with E-state index in [1.807, 2.05) is 0 Å². The van der Waals surface area contributed by atoms with E-state index in [0.29, 0.717) is 24.6 Å². The summed E-state index contributed by atoms with van der Waals surface area (Å²) < 4.78 is 32.5. The number of rotatable bonds is 4. The van der Waals surface area contributed by atoms with Crippen molar-refractivity contribution < 1.29 is 22.7 Å². The number of fused-ring (bicyclic) bond motifs is 1. The molecule has 2 aromatic rings. The van der Waals surface area contributed by atoms with Crippen LogP contribution >= 0.6 is 11.3 Å². The normalized spacial score (nSPS) is 13.5. The Balaban J connectivity index is 1.86. The van der Waals surface area contributed by atoms with Crippen molar-refractivity contribution in [3.63, 3.8) is 0 Å². The van der Waals surface area contributed by atoms with Crippen molar-refractivity contribution in [1.29, 1.82) is 0 Å². The van der Waals surface area contributed by atoms with Crippen molar-refractivity contribution in [3.05, 3.63) is 18.2 Å². The first-order chi connectivity index (χ1) is 12.3. The predicted octanol–water partition coefficient (Wildman–Crippen LogP) is 1.04. The van der Waals surface area contributed by atoms with Crippen LogP contribution in [0.25, 0.3) is 0 Å². The van der Waals surface area contributed by atoms with Gasteiger partial charge in [0.05, 0.1) is 17.9 Å². The minimum atomic E-state index is -3.99. The van der Waals surface area contributed by atoms with Crippen LogP contribution in [0.4, 0.5) is 16.5 Å². The topological polar surface area (TPSA) is 131 Å². The standard InChI is InChI=1S/C14H15N5O5S2/c1-8(20)15-13-16-17-14(25-13)26(22,23)18-10-3-4-12-11(7-10)19(9(2)21)5-6-24-12/h3-4,7,18H,5-6H2,1-2H3,(H,15,16,20). The van der Waals surface area contributed by atoms with Crippen molar-refractivity contribution in [3.8, 4) is 5.75 Å². The largest absolute Gasteiger partial charge is 0.490 e. The molecule has 1 aliphatic rings. The molecular formula is C14H15N5O5S2. The molecule has 3 rings (SSSR count). The van der Waals surface area contributed by atoms with E-state index in [2.05, 4.69) is 20.2 Å². The molecule has 2 amide bonds. The molecule has 0 saturated carbocycles. The van der Waals surface area contributed by atoms with Gasteiger partial charge in [-0.3, -0.25) is 14.3 Å². The van der Waals surface area contributed by atoms with E-state index >= 15 is 0 Å². The van der Waals surface area contributed by atoms with Crippen molar-refractivity contribution in [2.75, 3.05) is 28.1 Å². The highest BCUT2D eigenvalue weighted by Crippen LogP contribution is 2.35. The summed E-state index contributed by atoms with van der Waals surface area (Å²) in [5.41, 5.74) is 0.733. The summed E-state index contributed by atoms with van der Waals surface area (Å²) in [7, 11) is -3.99. The zero-order chi connectivity index (χ0) is 18.9. The summed E-state index contributed by atoms with van der Waals surface area (Å²) in [6.07, 6.45) is 0. The van der Waals surface area contributed by atoms with Crippen LogP contribution < -0.4 is 19.7 Å². The lowest BCUT2D eigenvalue weighted by Gasteiger charge is -2.29. The summed E-state index contributed by atoms with van der Waals surface area (Å²) in [6.45, 7) is 3.46. The number of aromatic nitrogens is 2. The number of ether oxygens (including phenoxy) is 1. The minimum absolute atomic E-state index is 0.0828. The second-order valence-electron chi connectivity index (χ2n) is 5.36. The fraction of sp³-hybridized carbons (Fsp3) is 0.286. The first-order valence-electron chi connectivity index (χ1n) is 7.45. The highest BCUT2D eigenvalue weighted by Gasteiger charge is 2.24. The number of carbonyl (C=O) groups is 2. The molecular weight excluding hydrogens is 382 g/mol. The number of hydrogen-bond donors (Lipinski definition) is 2. The fourth-order valence-corrected chi connectivity index (χ4v) is 4.32. The van der Waals surface area contributed by atoms with E-state index in [9.17, 15) is 18.0 Å². The molecule has 0 unspecified atom stereocenters. The second kappa shape index (κ2) is 6.88. The van der Waals surface area contributed by atoms with E-state index in [-0.39, 0.29) is 27.0 Å². The minimum Gasteiger partial charge on any atom is -0.490 e. The maximum Gasteiger partial charge on any atom is 0.291 e. The summed E-state index contributed by atoms with van der Waals surface area (Å²) in [6, 6.07) is 4.63. The Bertz CT molecular complexity index is 972. The molecule has 0 aliphatic carbocycles. The first-order valence-corrected chi connectivity index (χ1v) is 9.75. The SMILES string of the molecule is CC(=O)Nc1nnc(S(=O)(=O)Nc2ccc3c(c2)N(C(C)=O)CCO3)s1. The Kier molecular flexibility index (Phi) is 4.78. The van der Waals surface area contributed by atoms with Crippen molar-refractivity contribution in [1.82, 2.24) is 10.2 Å². The van der Waals surface area contributed by atoms with Gasteiger partial charge < -0.3 is 15.0 Å². The monoisotopic (exact) mass is 397 g/mol. The number of sulfonamides is 1. The zero-order valence-corrected chi connectivity index (χ0v) is 15.5. The summed E-state index contributed by atoms with van der Waals surface area (Å²) in [5, 5.41) is 9.65. The van der Waals surface area contributed by atoms with E-state index in [1.165, 1.54) is 30.9 Å². The van der Waals surface area contributed by atoms with E-state index < -0.39 is 10.0 Å². The van der Waals surface area contributed by atoms with Crippen LogP contribution in [0.2, 0.25) is 0 Å². The van der Waals surface area contributed by atoms with Gasteiger partial charge in [-0.15, -0.1) is 10.2 Å². The highest BCUT2D eigenvalue weighted by molar-refractivity contribution is 7.94. The molecule has 2 heterocycles. The molecule has 12 heteroatoms. The predicted molar refractivity (Wildman–Crippen MR) is 95.0 cm³/mol. The van der Waals surface area contributed by atoms with Crippen LogP contribution in [0, 0.1) is 0 Å². The molecule has 10 nitrogen and oxygen atoms in total. The number of anilines is 3. The zero-order valence-electron chi connectivity index (χ0n) is 13.8. The Morgan fingerprint density at radius 1 is 1.27 bits per heavy atom. The van der Waals surface area contributed by atoms with E-state index in [1.54, 1.807) is 6.07 Å². The summed E-state index contributed by atoms with van der Waals surface area (Å²) in [4.78, 5) is 24.3. The number of hydrogen-bond acceptors (Lipinski definition) is 8. The molecule has 2 N–H and O–H groups in total. The third kappa shape index (κ3) is 3.75. The Labute approximate surface area is 153 Å². The first kappa shape index (κ1) is 18.1. The van der Waals surface area contributed by atoms with Crippen molar-refractivity contribution in [2.24, 2.45) is 0 Å². The van der Waals surface area contributed by atoms with Crippen molar-refractivity contribution >= 4 is 49.7 Å². The Morgan fingerprint density at radius 3 is 2.73 bits per heavy atom. The van der Waals surface area contributed by atoms with Crippen LogP contribution in [-0.2, 0) is 19.6 Å². The van der Waals surface area contributed by atoms with Gasteiger partial charge in [0.1, 0.15) is 12.4 Å². The van der Waals surface area contributed by atoms with Crippen LogP contribution in [-0.4, -0.2) is 43.6 Å². The number of nitrogens with one attached hydrogen (secondary N) is 2. The van der Waals surface area contributed by atoms with E-state index in [4.69, 9.17) is 4.74 Å². The molecule has 138 valence electrons. The van der Waals surface area contributed by atoms with Gasteiger partial charge in [-0.2, -0.15) is 8.42 Å². The van der Waals surface area contributed by atoms with Crippen molar-refractivity contribution in [2.45, 2.75) is 18.2 Å². The third-order valence-electron chi connectivity index (χ3n) is 3.37. The number of carbonyl (C=O) groups excluding carboxylic acids is 2. The molecule has 0 saturated heterocycles. The summed E-state index contributed by atoms with van der Waals surface area (Å²) >= 11 is 0.728. The lowest BCUT2D eigenvalue weighted by molar-refractivity contribution is -0.117. The second-order valence-corrected chi connectivity index (χ2v) is 8.20. The molecule has 0 spiro atoms. The quantitative estimate of drug-likeness (QED) is 0.737. The third-order valence-corrected chi connectivity index (χ3v) is 5.96. The van der Waals surface area contributed by atoms with Gasteiger partial charge in [0, 0.05) is 13.8 Å². The number of amides is 2. The number of nitrogens with zero attached hydrogens (tertiary/aromatic N) is 3. The smallest absolute Gasteiger partial charge is 0.291 e. The van der Waals surface area contributed by atoms with Gasteiger partial charge in [0.15, 0.2) is 0 Å². The molecule has 1 aromatic carbocycles. The van der Waals surface area contributed by atoms with Gasteiger partial charge in [0.25, 0.3) is 14.4 Å². The van der Waals surface area contributed by atoms with Crippen LogP contribution in [0.3, 0.4) is 0 Å². The number of benzene rings is 1. The Hall–Kier alpha value is -2.73.